The molecule has 0 aliphatic rings. The van der Waals surface area contributed by atoms with Crippen molar-refractivity contribution in [1.82, 2.24) is 0 Å². The Bertz CT molecular complexity index is 12.4. The minimum atomic E-state index is 0. The van der Waals surface area contributed by atoms with Crippen LogP contribution >= 0.6 is 0 Å². The van der Waals surface area contributed by atoms with Crippen LogP contribution in [-0.2, 0) is 49.8 Å². The van der Waals surface area contributed by atoms with E-state index in [1.165, 1.54) is 0 Å². The maximum Gasteiger partial charge on any atom is 5.00 e. The Morgan fingerprint density at radius 3 is 0.500 bits per heavy atom. The molecule has 0 aromatic rings. The Kier molecular flexibility index (Phi) is 1980. The van der Waals surface area contributed by atoms with Gasteiger partial charge in [-0.15, -0.1) is 0 Å². The first-order valence-corrected chi connectivity index (χ1v) is 0. The minimum absolute atomic E-state index is 0. The van der Waals surface area contributed by atoms with Crippen LogP contribution in [0.4, 0.5) is 0 Å². The molecule has 0 atom stereocenters. The summed E-state index contributed by atoms with van der Waals surface area (Å²) in [6, 6.07) is 0. The summed E-state index contributed by atoms with van der Waals surface area (Å²) in [5.41, 5.74) is 0. The third-order valence-corrected chi connectivity index (χ3v) is 0. The van der Waals surface area contributed by atoms with Crippen LogP contribution in [0.2, 0.25) is 0 Å². The summed E-state index contributed by atoms with van der Waals surface area (Å²) in [7, 11) is 0. The zero-order chi connectivity index (χ0) is 0. The van der Waals surface area contributed by atoms with Gasteiger partial charge in [0, 0.05) is 0 Å². The SMILES string of the molecule is [Al+3].[O-2].[O-2].[O-2].[O-2].[O-2].[Sr+2].[Ta+5]. The van der Waals surface area contributed by atoms with E-state index in [2.05, 4.69) is 0 Å². The van der Waals surface area contributed by atoms with E-state index in [-0.39, 0.29) is 113 Å². The fourth-order valence-corrected chi connectivity index (χ4v) is 0. The molecule has 0 heterocycles. The Balaban J connectivity index is 0. The van der Waals surface area contributed by atoms with Crippen molar-refractivity contribution in [1.29, 1.82) is 0 Å². The normalized spacial score (nSPS) is 0. The van der Waals surface area contributed by atoms with E-state index in [1.54, 1.807) is 0 Å². The van der Waals surface area contributed by atoms with Gasteiger partial charge in [0.1, 0.15) is 0 Å². The van der Waals surface area contributed by atoms with E-state index in [4.69, 9.17) is 0 Å². The maximum atomic E-state index is 0. The van der Waals surface area contributed by atoms with Crippen molar-refractivity contribution in [2.75, 3.05) is 0 Å². The smallest absolute Gasteiger partial charge is 2.00 e. The molecule has 0 saturated carbocycles. The van der Waals surface area contributed by atoms with Gasteiger partial charge in [-0.1, -0.05) is 0 Å². The molecule has 0 N–H and O–H groups in total. The van der Waals surface area contributed by atoms with Crippen LogP contribution in [0.25, 0.3) is 0 Å². The van der Waals surface area contributed by atoms with Crippen LogP contribution in [0.3, 0.4) is 0 Å². The van der Waals surface area contributed by atoms with Crippen LogP contribution in [0.1, 0.15) is 0 Å². The summed E-state index contributed by atoms with van der Waals surface area (Å²) < 4.78 is 0. The van der Waals surface area contributed by atoms with Gasteiger partial charge in [-0.05, 0) is 0 Å². The third kappa shape index (κ3) is 74.9. The molecule has 8 heavy (non-hydrogen) atoms. The second kappa shape index (κ2) is 107. The van der Waals surface area contributed by atoms with Crippen molar-refractivity contribution in [3.8, 4) is 0 Å². The molecule has 0 aromatic carbocycles. The van der Waals surface area contributed by atoms with E-state index in [0.717, 1.165) is 0 Å². The Morgan fingerprint density at radius 1 is 0.500 bits per heavy atom. The fraction of sp³-hybridized carbons (Fsp3) is 0. The van der Waals surface area contributed by atoms with Crippen LogP contribution in [0.5, 0.6) is 0 Å². The largest absolute Gasteiger partial charge is 5.00 e. The Morgan fingerprint density at radius 2 is 0.500 bits per heavy atom. The van der Waals surface area contributed by atoms with Crippen LogP contribution in [0, 0.1) is 0 Å². The van der Waals surface area contributed by atoms with Crippen molar-refractivity contribution in [2.24, 2.45) is 0 Å². The topological polar surface area (TPSA) is 142 Å². The number of rotatable bonds is 0. The van der Waals surface area contributed by atoms with Crippen LogP contribution < -0.4 is 0 Å². The van der Waals surface area contributed by atoms with Crippen molar-refractivity contribution in [3.63, 3.8) is 0 Å². The van der Waals surface area contributed by atoms with Gasteiger partial charge >= 0.3 is 85.2 Å². The monoisotopic (exact) mass is 376 g/mol. The average Bonchev–Trinajstić information content (AvgIpc) is 0. The van der Waals surface area contributed by atoms with E-state index in [0.29, 0.717) is 0 Å². The number of hydrogen-bond donors (Lipinski definition) is 0. The molecule has 0 spiro atoms. The van der Waals surface area contributed by atoms with Gasteiger partial charge in [-0.3, -0.25) is 0 Å². The molecule has 40 valence electrons. The first-order valence-electron chi connectivity index (χ1n) is 0. The van der Waals surface area contributed by atoms with E-state index >= 15 is 0 Å². The Labute approximate surface area is 111 Å². The molecule has 0 rings (SSSR count). The van der Waals surface area contributed by atoms with Gasteiger partial charge in [0.15, 0.2) is 0 Å². The fourth-order valence-electron chi connectivity index (χ4n) is 0. The van der Waals surface area contributed by atoms with Gasteiger partial charge in [0.25, 0.3) is 0 Å². The van der Waals surface area contributed by atoms with E-state index < -0.39 is 0 Å². The molecule has 0 aromatic heterocycles. The Hall–Kier alpha value is 2.55. The maximum absolute atomic E-state index is 0. The second-order valence-corrected chi connectivity index (χ2v) is 0. The predicted molar refractivity (Wildman–Crippen MR) is 14.9 cm³/mol. The molecule has 0 radical (unpaired) electrons. The molecule has 0 fully saturated rings. The zero-order valence-electron chi connectivity index (χ0n) is 3.77. The standard InChI is InChI=1S/Al.5O.Sr.Ta/q+3;5*-2;+2;+5. The predicted octanol–water partition coefficient (Wildman–Crippen LogP) is -1.36. The molecule has 0 saturated heterocycles. The summed E-state index contributed by atoms with van der Waals surface area (Å²) in [6.07, 6.45) is 0. The van der Waals surface area contributed by atoms with Crippen molar-refractivity contribution < 1.29 is 49.8 Å². The van der Waals surface area contributed by atoms with Gasteiger partial charge in [0.2, 0.25) is 0 Å². The minimum Gasteiger partial charge on any atom is -2.00 e. The first kappa shape index (κ1) is 148. The van der Waals surface area contributed by atoms with Crippen LogP contribution in [0.15, 0.2) is 0 Å². The summed E-state index contributed by atoms with van der Waals surface area (Å²) in [5, 5.41) is 0. The molecule has 0 aliphatic carbocycles. The molecule has 5 nitrogen and oxygen atoms in total. The van der Waals surface area contributed by atoms with Crippen molar-refractivity contribution in [3.05, 3.63) is 0 Å². The van der Waals surface area contributed by atoms with Gasteiger partial charge in [-0.25, -0.2) is 0 Å². The first-order chi connectivity index (χ1) is 0. The summed E-state index contributed by atoms with van der Waals surface area (Å²) in [4.78, 5) is 0. The molecule has 0 aliphatic heterocycles. The van der Waals surface area contributed by atoms with Gasteiger partial charge < -0.3 is 27.4 Å². The third-order valence-electron chi connectivity index (χ3n) is 0. The molecule has 8 heteroatoms. The average molecular weight is 376 g/mol. The summed E-state index contributed by atoms with van der Waals surface area (Å²) in [6.45, 7) is 0. The summed E-state index contributed by atoms with van der Waals surface area (Å²) in [5.74, 6) is 0. The number of hydrogen-bond acceptors (Lipinski definition) is 0. The van der Waals surface area contributed by atoms with Crippen molar-refractivity contribution in [2.45, 2.75) is 0 Å². The van der Waals surface area contributed by atoms with Gasteiger partial charge in [0.05, 0.1) is 0 Å². The quantitative estimate of drug-likeness (QED) is 0.461. The van der Waals surface area contributed by atoms with E-state index in [1.807, 2.05) is 0 Å². The molecule has 0 bridgehead atoms. The van der Waals surface area contributed by atoms with Crippen LogP contribution in [-0.4, -0.2) is 62.8 Å². The van der Waals surface area contributed by atoms with E-state index in [9.17, 15) is 0 Å². The van der Waals surface area contributed by atoms with Gasteiger partial charge in [-0.2, -0.15) is 0 Å². The zero-order valence-corrected chi connectivity index (χ0v) is 11.6. The summed E-state index contributed by atoms with van der Waals surface area (Å²) >= 11 is 0. The molecule has 0 amide bonds. The molecular weight excluding hydrogens is 376 g/mol. The van der Waals surface area contributed by atoms with Crippen molar-refractivity contribution >= 4 is 62.8 Å². The second-order valence-electron chi connectivity index (χ2n) is 0. The molecule has 0 unspecified atom stereocenters. The molecular formula is AlO5SrTa.